The quantitative estimate of drug-likeness (QED) is 0.457. The second-order valence-corrected chi connectivity index (χ2v) is 5.70. The van der Waals surface area contributed by atoms with Gasteiger partial charge < -0.3 is 35.7 Å². The second kappa shape index (κ2) is 6.45. The number of hydrogen-bond donors (Lipinski definition) is 4. The van der Waals surface area contributed by atoms with Crippen LogP contribution in [0.1, 0.15) is 12.8 Å². The van der Waals surface area contributed by atoms with E-state index in [1.54, 1.807) is 0 Å². The van der Waals surface area contributed by atoms with E-state index in [0.717, 1.165) is 12.8 Å². The molecule has 0 amide bonds. The van der Waals surface area contributed by atoms with Crippen molar-refractivity contribution >= 4 is 17.0 Å². The summed E-state index contributed by atoms with van der Waals surface area (Å²) in [6, 6.07) is 0.416. The normalized spacial score (nSPS) is 29.5. The summed E-state index contributed by atoms with van der Waals surface area (Å²) in [5, 5.41) is 32.0. The first kappa shape index (κ1) is 16.8. The molecule has 0 radical (unpaired) electrons. The van der Waals surface area contributed by atoms with Crippen LogP contribution in [0, 0.1) is 0 Å². The fourth-order valence-electron chi connectivity index (χ4n) is 2.48. The van der Waals surface area contributed by atoms with Gasteiger partial charge in [-0.2, -0.15) is 0 Å². The zero-order valence-corrected chi connectivity index (χ0v) is 12.6. The van der Waals surface area contributed by atoms with Crippen LogP contribution < -0.4 is 10.2 Å². The van der Waals surface area contributed by atoms with Gasteiger partial charge in [0.2, 0.25) is 5.65 Å². The fourth-order valence-corrected chi connectivity index (χ4v) is 2.48. The van der Waals surface area contributed by atoms with E-state index < -0.39 is 31.2 Å². The number of imidazole rings is 1. The van der Waals surface area contributed by atoms with Gasteiger partial charge in [0.05, 0.1) is 6.61 Å². The molecule has 2 aliphatic rings. The first-order chi connectivity index (χ1) is 11.2. The average Bonchev–Trinajstić information content (AvgIpc) is 3.22. The third-order valence-corrected chi connectivity index (χ3v) is 3.94. The molecule has 11 heteroatoms. The van der Waals surface area contributed by atoms with Gasteiger partial charge in [-0.15, -0.1) is 4.73 Å². The van der Waals surface area contributed by atoms with E-state index in [1.807, 2.05) is 0 Å². The van der Waals surface area contributed by atoms with Crippen molar-refractivity contribution in [1.29, 1.82) is 0 Å². The lowest BCUT2D eigenvalue weighted by Crippen LogP contribution is -2.38. The molecule has 2 aromatic heterocycles. The first-order valence-corrected chi connectivity index (χ1v) is 7.41. The number of aliphatic hydroxyl groups is 3. The lowest BCUT2D eigenvalue weighted by Gasteiger charge is -2.16. The molecular formula is C13H19N5O6. The standard InChI is InChI=1S/C13H17N5O5.H2O/c19-3-7-9(20)10(21)13(22-7)23-18-5-16-8-11(17-6-1-2-6)14-4-15-12(8)18;/h4-7,9-10,13,19-21H,1-3H2,(H,14,15,17);1H2/t7-,9-,10+,13-;/m1./s1. The van der Waals surface area contributed by atoms with Crippen molar-refractivity contribution in [3.05, 3.63) is 12.7 Å². The molecule has 0 spiro atoms. The number of rotatable bonds is 5. The topological polar surface area (TPSA) is 166 Å². The largest absolute Gasteiger partial charge is 0.412 e. The predicted octanol–water partition coefficient (Wildman–Crippen LogP) is -2.56. The van der Waals surface area contributed by atoms with Crippen LogP contribution >= 0.6 is 0 Å². The fraction of sp³-hybridized carbons (Fsp3) is 0.615. The minimum Gasteiger partial charge on any atom is -0.412 e. The van der Waals surface area contributed by atoms with E-state index in [0.29, 0.717) is 23.0 Å². The van der Waals surface area contributed by atoms with Crippen LogP contribution in [0.3, 0.4) is 0 Å². The Labute approximate surface area is 136 Å². The molecular weight excluding hydrogens is 322 g/mol. The smallest absolute Gasteiger partial charge is 0.254 e. The third kappa shape index (κ3) is 2.87. The van der Waals surface area contributed by atoms with Crippen LogP contribution in [-0.2, 0) is 4.74 Å². The molecule has 1 saturated carbocycles. The van der Waals surface area contributed by atoms with E-state index in [1.165, 1.54) is 17.4 Å². The maximum absolute atomic E-state index is 9.92. The van der Waals surface area contributed by atoms with Crippen LogP contribution in [-0.4, -0.2) is 77.7 Å². The Bertz CT molecular complexity index is 707. The van der Waals surface area contributed by atoms with Crippen LogP contribution in [0.15, 0.2) is 12.7 Å². The highest BCUT2D eigenvalue weighted by atomic mass is 16.8. The summed E-state index contributed by atoms with van der Waals surface area (Å²) < 4.78 is 6.54. The van der Waals surface area contributed by atoms with Crippen molar-refractivity contribution in [3.63, 3.8) is 0 Å². The van der Waals surface area contributed by atoms with Gasteiger partial charge in [0.15, 0.2) is 11.3 Å². The molecule has 1 saturated heterocycles. The Kier molecular flexibility index (Phi) is 4.51. The van der Waals surface area contributed by atoms with Gasteiger partial charge in [0.1, 0.15) is 31.0 Å². The molecule has 1 aliphatic carbocycles. The molecule has 0 bridgehead atoms. The molecule has 4 rings (SSSR count). The summed E-state index contributed by atoms with van der Waals surface area (Å²) in [6.07, 6.45) is 0.465. The van der Waals surface area contributed by atoms with E-state index in [4.69, 9.17) is 14.7 Å². The van der Waals surface area contributed by atoms with E-state index in [-0.39, 0.29) is 5.48 Å². The van der Waals surface area contributed by atoms with Crippen molar-refractivity contribution in [2.45, 2.75) is 43.5 Å². The van der Waals surface area contributed by atoms with Crippen LogP contribution in [0.2, 0.25) is 0 Å². The molecule has 4 atom stereocenters. The molecule has 0 aromatic carbocycles. The first-order valence-electron chi connectivity index (χ1n) is 7.41. The van der Waals surface area contributed by atoms with Crippen molar-refractivity contribution in [1.82, 2.24) is 19.7 Å². The Balaban J connectivity index is 0.00000169. The zero-order chi connectivity index (χ0) is 16.0. The molecule has 6 N–H and O–H groups in total. The maximum Gasteiger partial charge on any atom is 0.254 e. The molecule has 3 heterocycles. The Morgan fingerprint density at radius 1 is 1.25 bits per heavy atom. The van der Waals surface area contributed by atoms with Gasteiger partial charge >= 0.3 is 0 Å². The molecule has 1 aliphatic heterocycles. The van der Waals surface area contributed by atoms with Crippen molar-refractivity contribution < 1.29 is 30.4 Å². The summed E-state index contributed by atoms with van der Waals surface area (Å²) in [7, 11) is 0. The number of fused-ring (bicyclic) bond motifs is 1. The number of anilines is 1. The minimum absolute atomic E-state index is 0. The molecule has 0 unspecified atom stereocenters. The van der Waals surface area contributed by atoms with E-state index >= 15 is 0 Å². The van der Waals surface area contributed by atoms with Gasteiger partial charge in [-0.3, -0.25) is 0 Å². The summed E-state index contributed by atoms with van der Waals surface area (Å²) >= 11 is 0. The van der Waals surface area contributed by atoms with Crippen LogP contribution in [0.25, 0.3) is 11.2 Å². The maximum atomic E-state index is 9.92. The van der Waals surface area contributed by atoms with Gasteiger partial charge in [-0.1, -0.05) is 0 Å². The van der Waals surface area contributed by atoms with Crippen LogP contribution in [0.4, 0.5) is 5.82 Å². The monoisotopic (exact) mass is 341 g/mol. The molecule has 11 nitrogen and oxygen atoms in total. The summed E-state index contributed by atoms with van der Waals surface area (Å²) in [5.41, 5.74) is 0.965. The third-order valence-electron chi connectivity index (χ3n) is 3.94. The zero-order valence-electron chi connectivity index (χ0n) is 12.6. The number of nitrogens with zero attached hydrogens (tertiary/aromatic N) is 4. The summed E-state index contributed by atoms with van der Waals surface area (Å²) in [4.78, 5) is 18.0. The van der Waals surface area contributed by atoms with E-state index in [2.05, 4.69) is 20.3 Å². The van der Waals surface area contributed by atoms with Gasteiger partial charge in [0.25, 0.3) is 6.29 Å². The number of nitrogens with one attached hydrogen (secondary N) is 1. The van der Waals surface area contributed by atoms with Gasteiger partial charge in [0, 0.05) is 6.04 Å². The average molecular weight is 341 g/mol. The Hall–Kier alpha value is -2.05. The number of aliphatic hydroxyl groups excluding tert-OH is 3. The Morgan fingerprint density at radius 2 is 2.04 bits per heavy atom. The van der Waals surface area contributed by atoms with Crippen molar-refractivity contribution in [2.75, 3.05) is 11.9 Å². The van der Waals surface area contributed by atoms with Crippen LogP contribution in [0.5, 0.6) is 0 Å². The predicted molar refractivity (Wildman–Crippen MR) is 79.9 cm³/mol. The lowest BCUT2D eigenvalue weighted by atomic mass is 10.1. The SMILES string of the molecule is O.OC[C@H]1O[C@H](On2cnc3c(NC4CC4)ncnc32)[C@@H](O)[C@@H]1O. The Morgan fingerprint density at radius 3 is 2.71 bits per heavy atom. The highest BCUT2D eigenvalue weighted by Gasteiger charge is 2.44. The van der Waals surface area contributed by atoms with Gasteiger partial charge in [-0.05, 0) is 12.8 Å². The summed E-state index contributed by atoms with van der Waals surface area (Å²) in [6.45, 7) is -0.416. The lowest BCUT2D eigenvalue weighted by molar-refractivity contribution is -0.169. The highest BCUT2D eigenvalue weighted by molar-refractivity contribution is 5.82. The summed E-state index contributed by atoms with van der Waals surface area (Å²) in [5.74, 6) is 0.626. The molecule has 2 aromatic rings. The number of hydrogen-bond acceptors (Lipinski definition) is 9. The van der Waals surface area contributed by atoms with Gasteiger partial charge in [-0.25, -0.2) is 15.0 Å². The second-order valence-electron chi connectivity index (χ2n) is 5.70. The van der Waals surface area contributed by atoms with Crippen molar-refractivity contribution in [3.8, 4) is 0 Å². The molecule has 24 heavy (non-hydrogen) atoms. The minimum atomic E-state index is -1.28. The van der Waals surface area contributed by atoms with Crippen molar-refractivity contribution in [2.24, 2.45) is 0 Å². The molecule has 132 valence electrons. The number of ether oxygens (including phenoxy) is 1. The molecule has 2 fully saturated rings. The van der Waals surface area contributed by atoms with E-state index in [9.17, 15) is 10.2 Å². The number of aromatic nitrogens is 4. The highest BCUT2D eigenvalue weighted by Crippen LogP contribution is 2.27.